The second kappa shape index (κ2) is 13.4. The van der Waals surface area contributed by atoms with Gasteiger partial charge in [-0.2, -0.15) is 0 Å². The number of para-hydroxylation sites is 1. The molecule has 5 nitrogen and oxygen atoms in total. The molecular formula is C28H43N3O2. The fourth-order valence-electron chi connectivity index (χ4n) is 3.99. The van der Waals surface area contributed by atoms with Crippen molar-refractivity contribution in [1.82, 2.24) is 10.6 Å². The Bertz CT molecular complexity index is 836. The predicted molar refractivity (Wildman–Crippen MR) is 139 cm³/mol. The number of aliphatic hydroxyl groups excluding tert-OH is 1. The number of β-amino-alcohol motifs (C(OH)–C–C–N with tert-alkyl or cyclic N) is 1. The number of carbonyl (C=O) groups is 1. The number of anilines is 1. The van der Waals surface area contributed by atoms with E-state index in [4.69, 9.17) is 0 Å². The summed E-state index contributed by atoms with van der Waals surface area (Å²) in [5, 5.41) is 21.0. The molecule has 0 aromatic heterocycles. The molecule has 2 rings (SSSR count). The zero-order valence-electron chi connectivity index (χ0n) is 21.0. The maximum Gasteiger partial charge on any atom is 0.253 e. The van der Waals surface area contributed by atoms with Crippen molar-refractivity contribution in [1.29, 1.82) is 0 Å². The van der Waals surface area contributed by atoms with Crippen LogP contribution in [0.25, 0.3) is 0 Å². The van der Waals surface area contributed by atoms with E-state index in [9.17, 15) is 9.90 Å². The van der Waals surface area contributed by atoms with Gasteiger partial charge >= 0.3 is 0 Å². The first-order chi connectivity index (χ1) is 15.7. The molecule has 0 fully saturated rings. The van der Waals surface area contributed by atoms with E-state index in [2.05, 4.69) is 43.6 Å². The summed E-state index contributed by atoms with van der Waals surface area (Å²) < 4.78 is 0. The van der Waals surface area contributed by atoms with Gasteiger partial charge in [0.15, 0.2) is 0 Å². The molecule has 0 unspecified atom stereocenters. The number of nitrogens with one attached hydrogen (secondary N) is 3. The van der Waals surface area contributed by atoms with Gasteiger partial charge in [-0.1, -0.05) is 69.2 Å². The fraction of sp³-hybridized carbons (Fsp3) is 0.536. The molecule has 0 bridgehead atoms. The molecule has 2 aromatic rings. The highest BCUT2D eigenvalue weighted by Gasteiger charge is 2.26. The zero-order chi connectivity index (χ0) is 24.3. The third-order valence-corrected chi connectivity index (χ3v) is 5.99. The van der Waals surface area contributed by atoms with E-state index >= 15 is 0 Å². The van der Waals surface area contributed by atoms with Crippen LogP contribution >= 0.6 is 0 Å². The van der Waals surface area contributed by atoms with Crippen molar-refractivity contribution in [3.05, 3.63) is 65.7 Å². The molecule has 2 aromatic carbocycles. The standard InChI is InChI=1S/C28H43N3O2/c1-6-29-24-17-11-10-16-23(24)27(33)31-25(19-22-14-8-7-9-15-22)26(32)20-30-28(4,5)18-12-13-21(2)3/h7-11,14-17,21,25-26,29-30,32H,6,12-13,18-20H2,1-5H3,(H,31,33)/t25-,26+/m0/s1. The molecule has 5 heteroatoms. The summed E-state index contributed by atoms with van der Waals surface area (Å²) in [6.07, 6.45) is 3.24. The molecular weight excluding hydrogens is 410 g/mol. The minimum atomic E-state index is -0.718. The van der Waals surface area contributed by atoms with Gasteiger partial charge in [0.25, 0.3) is 5.91 Å². The molecule has 1 amide bonds. The summed E-state index contributed by atoms with van der Waals surface area (Å²) in [6.45, 7) is 12.0. The Morgan fingerprint density at radius 1 is 1.03 bits per heavy atom. The Morgan fingerprint density at radius 3 is 2.36 bits per heavy atom. The van der Waals surface area contributed by atoms with Gasteiger partial charge in [0, 0.05) is 24.3 Å². The van der Waals surface area contributed by atoms with Gasteiger partial charge in [-0.05, 0) is 57.2 Å². The minimum absolute atomic E-state index is 0.0746. The third kappa shape index (κ3) is 9.56. The third-order valence-electron chi connectivity index (χ3n) is 5.99. The second-order valence-electron chi connectivity index (χ2n) is 9.96. The normalized spacial score (nSPS) is 13.5. The Hall–Kier alpha value is -2.37. The highest BCUT2D eigenvalue weighted by Crippen LogP contribution is 2.18. The van der Waals surface area contributed by atoms with Gasteiger partial charge in [-0.3, -0.25) is 4.79 Å². The SMILES string of the molecule is CCNc1ccccc1C(=O)N[C@@H](Cc1ccccc1)[C@H](O)CNC(C)(C)CCCC(C)C. The maximum atomic E-state index is 13.2. The molecule has 2 atom stereocenters. The number of hydrogen-bond acceptors (Lipinski definition) is 4. The van der Waals surface area contributed by atoms with Crippen LogP contribution in [0.15, 0.2) is 54.6 Å². The number of amides is 1. The topological polar surface area (TPSA) is 73.4 Å². The van der Waals surface area contributed by atoms with Crippen LogP contribution in [0.3, 0.4) is 0 Å². The molecule has 33 heavy (non-hydrogen) atoms. The Kier molecular flexibility index (Phi) is 10.9. The molecule has 4 N–H and O–H groups in total. The summed E-state index contributed by atoms with van der Waals surface area (Å²) in [7, 11) is 0. The molecule has 0 saturated carbocycles. The zero-order valence-corrected chi connectivity index (χ0v) is 21.0. The fourth-order valence-corrected chi connectivity index (χ4v) is 3.99. The highest BCUT2D eigenvalue weighted by atomic mass is 16.3. The smallest absolute Gasteiger partial charge is 0.253 e. The van der Waals surface area contributed by atoms with Crippen molar-refractivity contribution in [2.75, 3.05) is 18.4 Å². The van der Waals surface area contributed by atoms with Crippen LogP contribution in [0.1, 0.15) is 69.8 Å². The van der Waals surface area contributed by atoms with Gasteiger partial charge in [0.1, 0.15) is 0 Å². The first kappa shape index (κ1) is 26.9. The van der Waals surface area contributed by atoms with Crippen molar-refractivity contribution in [2.45, 2.75) is 78.0 Å². The average Bonchev–Trinajstić information content (AvgIpc) is 2.78. The van der Waals surface area contributed by atoms with Crippen LogP contribution in [0.4, 0.5) is 5.69 Å². The van der Waals surface area contributed by atoms with E-state index in [-0.39, 0.29) is 11.4 Å². The van der Waals surface area contributed by atoms with Crippen LogP contribution in [0.5, 0.6) is 0 Å². The quantitative estimate of drug-likeness (QED) is 0.324. The van der Waals surface area contributed by atoms with Crippen molar-refractivity contribution in [3.63, 3.8) is 0 Å². The van der Waals surface area contributed by atoms with E-state index < -0.39 is 12.1 Å². The average molecular weight is 454 g/mol. The van der Waals surface area contributed by atoms with Crippen molar-refractivity contribution in [3.8, 4) is 0 Å². The van der Waals surface area contributed by atoms with Crippen molar-refractivity contribution >= 4 is 11.6 Å². The van der Waals surface area contributed by atoms with E-state index in [1.807, 2.05) is 61.5 Å². The minimum Gasteiger partial charge on any atom is -0.390 e. The molecule has 0 heterocycles. The number of hydrogen-bond donors (Lipinski definition) is 4. The molecule has 0 aliphatic heterocycles. The summed E-state index contributed by atoms with van der Waals surface area (Å²) >= 11 is 0. The summed E-state index contributed by atoms with van der Waals surface area (Å²) in [5.41, 5.74) is 2.40. The highest BCUT2D eigenvalue weighted by molar-refractivity contribution is 5.99. The van der Waals surface area contributed by atoms with Crippen LogP contribution in [-0.4, -0.2) is 41.8 Å². The summed E-state index contributed by atoms with van der Waals surface area (Å²) in [4.78, 5) is 13.2. The molecule has 0 saturated heterocycles. The molecule has 0 spiro atoms. The van der Waals surface area contributed by atoms with Crippen molar-refractivity contribution < 1.29 is 9.90 Å². The van der Waals surface area contributed by atoms with E-state index in [1.54, 1.807) is 0 Å². The second-order valence-corrected chi connectivity index (χ2v) is 9.96. The van der Waals surface area contributed by atoms with Crippen LogP contribution in [0.2, 0.25) is 0 Å². The van der Waals surface area contributed by atoms with Crippen LogP contribution in [-0.2, 0) is 6.42 Å². The largest absolute Gasteiger partial charge is 0.390 e. The summed E-state index contributed by atoms with van der Waals surface area (Å²) in [5.74, 6) is 0.518. The van der Waals surface area contributed by atoms with Gasteiger partial charge in [0.05, 0.1) is 17.7 Å². The van der Waals surface area contributed by atoms with E-state index in [0.29, 0.717) is 24.4 Å². The lowest BCUT2D eigenvalue weighted by Gasteiger charge is -2.31. The first-order valence-corrected chi connectivity index (χ1v) is 12.3. The number of rotatable bonds is 14. The molecule has 0 aliphatic carbocycles. The van der Waals surface area contributed by atoms with Crippen LogP contribution < -0.4 is 16.0 Å². The molecule has 0 radical (unpaired) electrons. The molecule has 0 aliphatic rings. The van der Waals surface area contributed by atoms with Gasteiger partial charge in [-0.15, -0.1) is 0 Å². The lowest BCUT2D eigenvalue weighted by atomic mass is 9.93. The number of benzene rings is 2. The number of carbonyl (C=O) groups excluding carboxylic acids is 1. The monoisotopic (exact) mass is 453 g/mol. The Balaban J connectivity index is 2.09. The van der Waals surface area contributed by atoms with Gasteiger partial charge in [0.2, 0.25) is 0 Å². The van der Waals surface area contributed by atoms with Gasteiger partial charge < -0.3 is 21.1 Å². The van der Waals surface area contributed by atoms with E-state index in [1.165, 1.54) is 6.42 Å². The van der Waals surface area contributed by atoms with Crippen molar-refractivity contribution in [2.24, 2.45) is 5.92 Å². The molecule has 182 valence electrons. The first-order valence-electron chi connectivity index (χ1n) is 12.3. The lowest BCUT2D eigenvalue weighted by Crippen LogP contribution is -2.52. The van der Waals surface area contributed by atoms with Gasteiger partial charge in [-0.25, -0.2) is 0 Å². The van der Waals surface area contributed by atoms with E-state index in [0.717, 1.165) is 30.6 Å². The summed E-state index contributed by atoms with van der Waals surface area (Å²) in [6, 6.07) is 17.1. The Morgan fingerprint density at radius 2 is 1.70 bits per heavy atom. The number of aliphatic hydroxyl groups is 1. The maximum absolute atomic E-state index is 13.2. The van der Waals surface area contributed by atoms with Crippen LogP contribution in [0, 0.1) is 5.92 Å². The Labute approximate surface area is 200 Å². The predicted octanol–water partition coefficient (Wildman–Crippen LogP) is 5.01. The lowest BCUT2D eigenvalue weighted by molar-refractivity contribution is 0.0812.